The van der Waals surface area contributed by atoms with Gasteiger partial charge in [0, 0.05) is 33.1 Å². The predicted molar refractivity (Wildman–Crippen MR) is 135 cm³/mol. The van der Waals surface area contributed by atoms with Crippen LogP contribution >= 0.6 is 24.0 Å². The number of amides is 1. The summed E-state index contributed by atoms with van der Waals surface area (Å²) < 4.78 is 5.70. The standard InChI is InChI=1S/C23H33N5O2.HI/c1-24-23(25-13-12-22(29)26-17-19-9-4-2-5-10-19)27-18-20(21-11-8-16-30-21)28-14-6-3-7-15-28;/h2,4-5,8-11,16,20H,3,6-7,12-15,17-18H2,1H3,(H,26,29)(H2,24,25,27);1H. The van der Waals surface area contributed by atoms with Crippen molar-refractivity contribution in [2.45, 2.75) is 38.3 Å². The smallest absolute Gasteiger partial charge is 0.222 e. The van der Waals surface area contributed by atoms with Crippen molar-refractivity contribution in [3.63, 3.8) is 0 Å². The average molecular weight is 539 g/mol. The van der Waals surface area contributed by atoms with Gasteiger partial charge in [0.25, 0.3) is 0 Å². The minimum absolute atomic E-state index is 0. The number of piperidine rings is 1. The summed E-state index contributed by atoms with van der Waals surface area (Å²) in [5, 5.41) is 9.57. The molecule has 8 heteroatoms. The summed E-state index contributed by atoms with van der Waals surface area (Å²) in [6.45, 7) is 3.94. The topological polar surface area (TPSA) is 81.9 Å². The molecule has 1 fully saturated rings. The monoisotopic (exact) mass is 539 g/mol. The molecular weight excluding hydrogens is 505 g/mol. The van der Waals surface area contributed by atoms with Crippen LogP contribution in [0.3, 0.4) is 0 Å². The Morgan fingerprint density at radius 2 is 1.84 bits per heavy atom. The minimum Gasteiger partial charge on any atom is -0.468 e. The van der Waals surface area contributed by atoms with Crippen molar-refractivity contribution in [3.8, 4) is 0 Å². The number of carbonyl (C=O) groups is 1. The Balaban J connectivity index is 0.00000341. The summed E-state index contributed by atoms with van der Waals surface area (Å²) >= 11 is 0. The van der Waals surface area contributed by atoms with E-state index < -0.39 is 0 Å². The zero-order valence-corrected chi connectivity index (χ0v) is 20.5. The van der Waals surface area contributed by atoms with Gasteiger partial charge in [-0.05, 0) is 43.6 Å². The van der Waals surface area contributed by atoms with Crippen LogP contribution in [0.1, 0.15) is 43.0 Å². The third kappa shape index (κ3) is 8.53. The normalized spacial score (nSPS) is 15.6. The van der Waals surface area contributed by atoms with Gasteiger partial charge in [-0.3, -0.25) is 14.7 Å². The van der Waals surface area contributed by atoms with E-state index >= 15 is 0 Å². The van der Waals surface area contributed by atoms with Crippen LogP contribution in [0.25, 0.3) is 0 Å². The van der Waals surface area contributed by atoms with Gasteiger partial charge < -0.3 is 20.4 Å². The van der Waals surface area contributed by atoms with Crippen molar-refractivity contribution < 1.29 is 9.21 Å². The Morgan fingerprint density at radius 3 is 2.52 bits per heavy atom. The molecule has 0 bridgehead atoms. The lowest BCUT2D eigenvalue weighted by Gasteiger charge is -2.33. The Hall–Kier alpha value is -2.07. The first-order chi connectivity index (χ1) is 14.8. The maximum Gasteiger partial charge on any atom is 0.222 e. The highest BCUT2D eigenvalue weighted by molar-refractivity contribution is 14.0. The Kier molecular flexibility index (Phi) is 11.4. The fourth-order valence-corrected chi connectivity index (χ4v) is 3.71. The summed E-state index contributed by atoms with van der Waals surface area (Å²) in [7, 11) is 1.74. The summed E-state index contributed by atoms with van der Waals surface area (Å²) in [5.74, 6) is 1.68. The molecular formula is C23H34IN5O2. The lowest BCUT2D eigenvalue weighted by atomic mass is 10.1. The van der Waals surface area contributed by atoms with Crippen LogP contribution in [0.5, 0.6) is 0 Å². The molecule has 3 rings (SSSR count). The molecule has 170 valence electrons. The highest BCUT2D eigenvalue weighted by Crippen LogP contribution is 2.24. The summed E-state index contributed by atoms with van der Waals surface area (Å²) in [5.41, 5.74) is 1.10. The number of likely N-dealkylation sites (tertiary alicyclic amines) is 1. The van der Waals surface area contributed by atoms with Crippen molar-refractivity contribution in [1.82, 2.24) is 20.9 Å². The van der Waals surface area contributed by atoms with Crippen molar-refractivity contribution in [2.75, 3.05) is 33.2 Å². The lowest BCUT2D eigenvalue weighted by molar-refractivity contribution is -0.121. The molecule has 31 heavy (non-hydrogen) atoms. The first kappa shape index (κ1) is 25.2. The van der Waals surface area contributed by atoms with Crippen LogP contribution in [-0.2, 0) is 11.3 Å². The van der Waals surface area contributed by atoms with E-state index in [9.17, 15) is 4.79 Å². The van der Waals surface area contributed by atoms with Gasteiger partial charge in [-0.1, -0.05) is 36.8 Å². The van der Waals surface area contributed by atoms with Crippen LogP contribution in [-0.4, -0.2) is 50.0 Å². The highest BCUT2D eigenvalue weighted by atomic mass is 127. The van der Waals surface area contributed by atoms with E-state index in [2.05, 4.69) is 25.8 Å². The second kappa shape index (κ2) is 14.1. The van der Waals surface area contributed by atoms with E-state index in [0.717, 1.165) is 24.4 Å². The molecule has 7 nitrogen and oxygen atoms in total. The molecule has 1 unspecified atom stereocenters. The van der Waals surface area contributed by atoms with E-state index in [1.165, 1.54) is 19.3 Å². The quantitative estimate of drug-likeness (QED) is 0.259. The number of guanidine groups is 1. The molecule has 1 aliphatic heterocycles. The van der Waals surface area contributed by atoms with Crippen molar-refractivity contribution in [3.05, 3.63) is 60.1 Å². The molecule has 3 N–H and O–H groups in total. The zero-order chi connectivity index (χ0) is 21.0. The molecule has 1 aromatic carbocycles. The lowest BCUT2D eigenvalue weighted by Crippen LogP contribution is -2.45. The third-order valence-electron chi connectivity index (χ3n) is 5.37. The molecule has 1 aromatic heterocycles. The van der Waals surface area contributed by atoms with Crippen LogP contribution in [0.15, 0.2) is 58.1 Å². The van der Waals surface area contributed by atoms with Gasteiger partial charge in [-0.15, -0.1) is 24.0 Å². The van der Waals surface area contributed by atoms with Crippen LogP contribution < -0.4 is 16.0 Å². The summed E-state index contributed by atoms with van der Waals surface area (Å²) in [4.78, 5) is 18.8. The SMILES string of the molecule is CN=C(NCCC(=O)NCc1ccccc1)NCC(c1ccco1)N1CCCCC1.I. The van der Waals surface area contributed by atoms with Crippen LogP contribution in [0.4, 0.5) is 0 Å². The van der Waals surface area contributed by atoms with E-state index in [0.29, 0.717) is 32.0 Å². The van der Waals surface area contributed by atoms with Crippen molar-refractivity contribution in [2.24, 2.45) is 4.99 Å². The summed E-state index contributed by atoms with van der Waals surface area (Å²) in [6, 6.07) is 14.1. The Labute approximate surface area is 202 Å². The molecule has 0 spiro atoms. The van der Waals surface area contributed by atoms with Crippen molar-refractivity contribution in [1.29, 1.82) is 0 Å². The molecule has 0 saturated carbocycles. The number of hydrogen-bond acceptors (Lipinski definition) is 4. The molecule has 2 heterocycles. The fourth-order valence-electron chi connectivity index (χ4n) is 3.71. The average Bonchev–Trinajstić information content (AvgIpc) is 3.32. The molecule has 1 atom stereocenters. The Bertz CT molecular complexity index is 777. The molecule has 0 aliphatic carbocycles. The second-order valence-corrected chi connectivity index (χ2v) is 7.52. The van der Waals surface area contributed by atoms with Crippen LogP contribution in [0.2, 0.25) is 0 Å². The van der Waals surface area contributed by atoms with Crippen molar-refractivity contribution >= 4 is 35.8 Å². The first-order valence-electron chi connectivity index (χ1n) is 10.8. The maximum absolute atomic E-state index is 12.1. The first-order valence-corrected chi connectivity index (χ1v) is 10.8. The Morgan fingerprint density at radius 1 is 1.06 bits per heavy atom. The van der Waals surface area contributed by atoms with Gasteiger partial charge >= 0.3 is 0 Å². The number of nitrogens with zero attached hydrogens (tertiary/aromatic N) is 2. The van der Waals surface area contributed by atoms with E-state index in [1.807, 2.05) is 42.5 Å². The van der Waals surface area contributed by atoms with E-state index in [4.69, 9.17) is 4.42 Å². The van der Waals surface area contributed by atoms with Gasteiger partial charge in [0.1, 0.15) is 5.76 Å². The number of rotatable bonds is 9. The number of halogens is 1. The van der Waals surface area contributed by atoms with E-state index in [-0.39, 0.29) is 35.9 Å². The van der Waals surface area contributed by atoms with Crippen LogP contribution in [0, 0.1) is 0 Å². The summed E-state index contributed by atoms with van der Waals surface area (Å²) in [6.07, 6.45) is 5.86. The molecule has 0 radical (unpaired) electrons. The molecule has 1 aliphatic rings. The molecule has 1 saturated heterocycles. The number of benzene rings is 1. The van der Waals surface area contributed by atoms with Gasteiger partial charge in [-0.25, -0.2) is 0 Å². The number of hydrogen-bond donors (Lipinski definition) is 3. The predicted octanol–water partition coefficient (Wildman–Crippen LogP) is 3.30. The van der Waals surface area contributed by atoms with E-state index in [1.54, 1.807) is 13.3 Å². The largest absolute Gasteiger partial charge is 0.468 e. The number of furan rings is 1. The third-order valence-corrected chi connectivity index (χ3v) is 5.37. The van der Waals surface area contributed by atoms with Gasteiger partial charge in [0.05, 0.1) is 12.3 Å². The fraction of sp³-hybridized carbons (Fsp3) is 0.478. The zero-order valence-electron chi connectivity index (χ0n) is 18.2. The van der Waals surface area contributed by atoms with Gasteiger partial charge in [-0.2, -0.15) is 0 Å². The number of carbonyl (C=O) groups excluding carboxylic acids is 1. The minimum atomic E-state index is 0. The highest BCUT2D eigenvalue weighted by Gasteiger charge is 2.24. The van der Waals surface area contributed by atoms with Gasteiger partial charge in [0.2, 0.25) is 5.91 Å². The molecule has 1 amide bonds. The second-order valence-electron chi connectivity index (χ2n) is 7.52. The number of nitrogens with one attached hydrogen (secondary N) is 3. The number of aliphatic imine (C=N–C) groups is 1. The van der Waals surface area contributed by atoms with Gasteiger partial charge in [0.15, 0.2) is 5.96 Å². The maximum atomic E-state index is 12.1. The molecule has 2 aromatic rings.